The first-order valence-corrected chi connectivity index (χ1v) is 7.43. The Balaban J connectivity index is 2.18. The van der Waals surface area contributed by atoms with Gasteiger partial charge in [-0.1, -0.05) is 30.7 Å². The topological polar surface area (TPSA) is 37.8 Å². The first kappa shape index (κ1) is 15.7. The third kappa shape index (κ3) is 4.14. The van der Waals surface area contributed by atoms with Gasteiger partial charge in [-0.15, -0.1) is 0 Å². The normalized spacial score (nSPS) is 12.2. The number of halogens is 2. The minimum Gasteiger partial charge on any atom is -0.363 e. The van der Waals surface area contributed by atoms with E-state index in [2.05, 4.69) is 22.2 Å². The standard InChI is InChI=1S/C16H19ClFN3/c1-4-5-15-20-14(17)9-16(21-15)19-11(3)12-7-6-10(2)13(18)8-12/h6-9,11H,4-5H2,1-3H3,(H,19,20,21). The van der Waals surface area contributed by atoms with Crippen molar-refractivity contribution in [2.24, 2.45) is 0 Å². The van der Waals surface area contributed by atoms with Crippen LogP contribution >= 0.6 is 11.6 Å². The Morgan fingerprint density at radius 2 is 2.05 bits per heavy atom. The van der Waals surface area contributed by atoms with Crippen LogP contribution in [0, 0.1) is 12.7 Å². The number of anilines is 1. The van der Waals surface area contributed by atoms with Crippen molar-refractivity contribution >= 4 is 17.4 Å². The van der Waals surface area contributed by atoms with Crippen molar-refractivity contribution < 1.29 is 4.39 Å². The fraction of sp³-hybridized carbons (Fsp3) is 0.375. The van der Waals surface area contributed by atoms with Crippen LogP contribution in [0.4, 0.5) is 10.2 Å². The van der Waals surface area contributed by atoms with Crippen molar-refractivity contribution in [3.05, 3.63) is 52.2 Å². The molecule has 0 aliphatic rings. The monoisotopic (exact) mass is 307 g/mol. The molecule has 1 heterocycles. The molecule has 0 spiro atoms. The highest BCUT2D eigenvalue weighted by molar-refractivity contribution is 6.29. The molecule has 3 nitrogen and oxygen atoms in total. The van der Waals surface area contributed by atoms with Gasteiger partial charge >= 0.3 is 0 Å². The van der Waals surface area contributed by atoms with E-state index in [1.54, 1.807) is 25.1 Å². The Labute approximate surface area is 129 Å². The number of hydrogen-bond donors (Lipinski definition) is 1. The van der Waals surface area contributed by atoms with Crippen LogP contribution in [0.3, 0.4) is 0 Å². The maximum atomic E-state index is 13.6. The third-order valence-corrected chi connectivity index (χ3v) is 3.47. The lowest BCUT2D eigenvalue weighted by atomic mass is 10.1. The number of benzene rings is 1. The van der Waals surface area contributed by atoms with E-state index in [9.17, 15) is 4.39 Å². The van der Waals surface area contributed by atoms with Gasteiger partial charge in [0.1, 0.15) is 22.6 Å². The number of hydrogen-bond acceptors (Lipinski definition) is 3. The summed E-state index contributed by atoms with van der Waals surface area (Å²) < 4.78 is 13.6. The number of rotatable bonds is 5. The fourth-order valence-corrected chi connectivity index (χ4v) is 2.26. The summed E-state index contributed by atoms with van der Waals surface area (Å²) >= 11 is 6.01. The van der Waals surface area contributed by atoms with Crippen LogP contribution in [0.25, 0.3) is 0 Å². The Morgan fingerprint density at radius 3 is 2.71 bits per heavy atom. The Morgan fingerprint density at radius 1 is 1.29 bits per heavy atom. The van der Waals surface area contributed by atoms with Gasteiger partial charge in [0.2, 0.25) is 0 Å². The minimum atomic E-state index is -0.200. The summed E-state index contributed by atoms with van der Waals surface area (Å²) in [6, 6.07) is 6.84. The Bertz CT molecular complexity index is 631. The molecule has 21 heavy (non-hydrogen) atoms. The van der Waals surface area contributed by atoms with Gasteiger partial charge in [-0.05, 0) is 37.5 Å². The molecule has 1 unspecified atom stereocenters. The maximum absolute atomic E-state index is 13.6. The van der Waals surface area contributed by atoms with Gasteiger partial charge in [0.05, 0.1) is 6.04 Å². The largest absolute Gasteiger partial charge is 0.363 e. The second-order valence-electron chi connectivity index (χ2n) is 5.12. The van der Waals surface area contributed by atoms with E-state index in [1.165, 1.54) is 0 Å². The summed E-state index contributed by atoms with van der Waals surface area (Å²) in [5.41, 5.74) is 1.51. The summed E-state index contributed by atoms with van der Waals surface area (Å²) in [5, 5.41) is 3.66. The van der Waals surface area contributed by atoms with Gasteiger partial charge in [-0.25, -0.2) is 14.4 Å². The van der Waals surface area contributed by atoms with E-state index in [0.717, 1.165) is 24.2 Å². The molecule has 1 atom stereocenters. The van der Waals surface area contributed by atoms with Gasteiger partial charge in [-0.3, -0.25) is 0 Å². The van der Waals surface area contributed by atoms with Gasteiger partial charge in [0, 0.05) is 12.5 Å². The molecule has 0 radical (unpaired) electrons. The van der Waals surface area contributed by atoms with Gasteiger partial charge in [0.15, 0.2) is 0 Å². The van der Waals surface area contributed by atoms with Gasteiger partial charge in [0.25, 0.3) is 0 Å². The summed E-state index contributed by atoms with van der Waals surface area (Å²) in [7, 11) is 0. The second kappa shape index (κ2) is 6.85. The van der Waals surface area contributed by atoms with Crippen LogP contribution in [0.1, 0.15) is 43.3 Å². The van der Waals surface area contributed by atoms with Gasteiger partial charge in [-0.2, -0.15) is 0 Å². The van der Waals surface area contributed by atoms with Crippen LogP contribution in [0.15, 0.2) is 24.3 Å². The highest BCUT2D eigenvalue weighted by atomic mass is 35.5. The number of aromatic nitrogens is 2. The molecular formula is C16H19ClFN3. The summed E-state index contributed by atoms with van der Waals surface area (Å²) in [4.78, 5) is 8.61. The van der Waals surface area contributed by atoms with Crippen molar-refractivity contribution in [2.45, 2.75) is 39.7 Å². The van der Waals surface area contributed by atoms with Crippen LogP contribution in [-0.2, 0) is 6.42 Å². The average Bonchev–Trinajstić information content (AvgIpc) is 2.41. The molecule has 0 amide bonds. The molecule has 1 N–H and O–H groups in total. The average molecular weight is 308 g/mol. The maximum Gasteiger partial charge on any atom is 0.134 e. The smallest absolute Gasteiger partial charge is 0.134 e. The lowest BCUT2D eigenvalue weighted by Gasteiger charge is -2.16. The summed E-state index contributed by atoms with van der Waals surface area (Å²) in [5.74, 6) is 1.18. The number of aryl methyl sites for hydroxylation is 2. The number of nitrogens with zero attached hydrogens (tertiary/aromatic N) is 2. The third-order valence-electron chi connectivity index (χ3n) is 3.28. The van der Waals surface area contributed by atoms with Crippen molar-refractivity contribution in [3.63, 3.8) is 0 Å². The molecule has 0 saturated carbocycles. The first-order valence-electron chi connectivity index (χ1n) is 7.05. The molecule has 2 rings (SSSR count). The van der Waals surface area contributed by atoms with E-state index >= 15 is 0 Å². The fourth-order valence-electron chi connectivity index (χ4n) is 2.06. The Kier molecular flexibility index (Phi) is 5.12. The predicted octanol–water partition coefficient (Wildman–Crippen LogP) is 4.70. The zero-order valence-corrected chi connectivity index (χ0v) is 13.2. The van der Waals surface area contributed by atoms with Crippen molar-refractivity contribution in [3.8, 4) is 0 Å². The molecular weight excluding hydrogens is 289 g/mol. The minimum absolute atomic E-state index is 0.0689. The molecule has 0 aliphatic carbocycles. The highest BCUT2D eigenvalue weighted by Gasteiger charge is 2.10. The zero-order valence-electron chi connectivity index (χ0n) is 12.5. The van der Waals surface area contributed by atoms with Crippen LogP contribution in [0.5, 0.6) is 0 Å². The van der Waals surface area contributed by atoms with E-state index in [4.69, 9.17) is 11.6 Å². The number of nitrogens with one attached hydrogen (secondary N) is 1. The van der Waals surface area contributed by atoms with Gasteiger partial charge < -0.3 is 5.32 Å². The first-order chi connectivity index (χ1) is 9.99. The predicted molar refractivity (Wildman–Crippen MR) is 84.2 cm³/mol. The molecule has 0 bridgehead atoms. The summed E-state index contributed by atoms with van der Waals surface area (Å²) in [6.45, 7) is 5.77. The second-order valence-corrected chi connectivity index (χ2v) is 5.50. The SMILES string of the molecule is CCCc1nc(Cl)cc(NC(C)c2ccc(C)c(F)c2)n1. The van der Waals surface area contributed by atoms with Crippen LogP contribution in [0.2, 0.25) is 5.15 Å². The molecule has 1 aromatic carbocycles. The summed E-state index contributed by atoms with van der Waals surface area (Å²) in [6.07, 6.45) is 1.74. The van der Waals surface area contributed by atoms with E-state index < -0.39 is 0 Å². The molecule has 0 aliphatic heterocycles. The molecule has 2 aromatic rings. The molecule has 0 fully saturated rings. The van der Waals surface area contributed by atoms with Crippen LogP contribution < -0.4 is 5.32 Å². The molecule has 112 valence electrons. The van der Waals surface area contributed by atoms with Crippen molar-refractivity contribution in [1.29, 1.82) is 0 Å². The highest BCUT2D eigenvalue weighted by Crippen LogP contribution is 2.21. The van der Waals surface area contributed by atoms with E-state index in [0.29, 0.717) is 16.5 Å². The van der Waals surface area contributed by atoms with Crippen LogP contribution in [-0.4, -0.2) is 9.97 Å². The Hall–Kier alpha value is -1.68. The van der Waals surface area contributed by atoms with Crippen molar-refractivity contribution in [1.82, 2.24) is 9.97 Å². The molecule has 0 saturated heterocycles. The molecule has 1 aromatic heterocycles. The molecule has 5 heteroatoms. The van der Waals surface area contributed by atoms with E-state index in [1.807, 2.05) is 13.0 Å². The lowest BCUT2D eigenvalue weighted by Crippen LogP contribution is -2.10. The lowest BCUT2D eigenvalue weighted by molar-refractivity contribution is 0.614. The quantitative estimate of drug-likeness (QED) is 0.813. The van der Waals surface area contributed by atoms with Crippen molar-refractivity contribution in [2.75, 3.05) is 5.32 Å². The van der Waals surface area contributed by atoms with E-state index in [-0.39, 0.29) is 11.9 Å². The zero-order chi connectivity index (χ0) is 15.4.